The molecule has 3 nitrogen and oxygen atoms in total. The summed E-state index contributed by atoms with van der Waals surface area (Å²) in [7, 11) is 0. The van der Waals surface area contributed by atoms with Crippen LogP contribution in [-0.4, -0.2) is 34.1 Å². The van der Waals surface area contributed by atoms with E-state index in [1.807, 2.05) is 18.5 Å². The number of nitrogens with zero attached hydrogens (tertiary/aromatic N) is 2. The molecule has 2 heterocycles. The van der Waals surface area contributed by atoms with Crippen LogP contribution in [0.3, 0.4) is 0 Å². The van der Waals surface area contributed by atoms with Crippen molar-refractivity contribution in [2.24, 2.45) is 0 Å². The minimum Gasteiger partial charge on any atom is -0.310 e. The van der Waals surface area contributed by atoms with Gasteiger partial charge in [0.15, 0.2) is 0 Å². The normalized spacial score (nSPS) is 23.6. The minimum atomic E-state index is 0.177. The summed E-state index contributed by atoms with van der Waals surface area (Å²) in [5, 5.41) is 3.63. The van der Waals surface area contributed by atoms with E-state index in [0.29, 0.717) is 0 Å². The molecule has 1 aliphatic rings. The highest BCUT2D eigenvalue weighted by atomic mass is 15.2. The molecule has 0 amide bonds. The maximum Gasteiger partial charge on any atom is 0.0312 e. The van der Waals surface area contributed by atoms with E-state index >= 15 is 0 Å². The van der Waals surface area contributed by atoms with E-state index in [9.17, 15) is 0 Å². The monoisotopic (exact) mass is 247 g/mol. The molecule has 0 radical (unpaired) electrons. The maximum absolute atomic E-state index is 4.22. The molecule has 18 heavy (non-hydrogen) atoms. The Kier molecular flexibility index (Phi) is 3.74. The van der Waals surface area contributed by atoms with E-state index in [1.54, 1.807) is 0 Å². The molecule has 1 aromatic rings. The minimum absolute atomic E-state index is 0.177. The topological polar surface area (TPSA) is 28.2 Å². The summed E-state index contributed by atoms with van der Waals surface area (Å²) in [6.45, 7) is 12.4. The number of aromatic nitrogens is 1. The Bertz CT molecular complexity index is 384. The molecule has 0 atom stereocenters. The molecule has 3 heteroatoms. The maximum atomic E-state index is 4.22. The fraction of sp³-hybridized carbons (Fsp3) is 0.667. The Hall–Kier alpha value is -0.930. The predicted octanol–water partition coefficient (Wildman–Crippen LogP) is 2.43. The Labute approximate surface area is 111 Å². The van der Waals surface area contributed by atoms with Gasteiger partial charge in [0.05, 0.1) is 0 Å². The van der Waals surface area contributed by atoms with Crippen molar-refractivity contribution in [1.29, 1.82) is 0 Å². The number of pyridine rings is 1. The average molecular weight is 247 g/mol. The molecule has 2 rings (SSSR count). The summed E-state index contributed by atoms with van der Waals surface area (Å²) >= 11 is 0. The van der Waals surface area contributed by atoms with Gasteiger partial charge in [0, 0.05) is 36.6 Å². The van der Waals surface area contributed by atoms with Gasteiger partial charge in [0.1, 0.15) is 0 Å². The third-order valence-corrected chi connectivity index (χ3v) is 3.88. The van der Waals surface area contributed by atoms with Crippen molar-refractivity contribution in [2.45, 2.75) is 51.7 Å². The van der Waals surface area contributed by atoms with Crippen LogP contribution >= 0.6 is 0 Å². The smallest absolute Gasteiger partial charge is 0.0312 e. The highest BCUT2D eigenvalue weighted by molar-refractivity contribution is 5.09. The highest BCUT2D eigenvalue weighted by Crippen LogP contribution is 2.26. The highest BCUT2D eigenvalue weighted by Gasteiger charge is 2.34. The lowest BCUT2D eigenvalue weighted by atomic mass is 9.97. The van der Waals surface area contributed by atoms with Crippen LogP contribution < -0.4 is 5.32 Å². The molecular formula is C15H25N3. The van der Waals surface area contributed by atoms with E-state index in [4.69, 9.17) is 0 Å². The summed E-state index contributed by atoms with van der Waals surface area (Å²) in [4.78, 5) is 6.79. The molecule has 0 saturated carbocycles. The van der Waals surface area contributed by atoms with E-state index in [1.165, 1.54) is 12.0 Å². The van der Waals surface area contributed by atoms with Crippen molar-refractivity contribution in [3.05, 3.63) is 30.1 Å². The van der Waals surface area contributed by atoms with Crippen LogP contribution in [-0.2, 0) is 6.54 Å². The van der Waals surface area contributed by atoms with Gasteiger partial charge in [-0.3, -0.25) is 9.88 Å². The van der Waals surface area contributed by atoms with Gasteiger partial charge in [-0.15, -0.1) is 0 Å². The summed E-state index contributed by atoms with van der Waals surface area (Å²) < 4.78 is 0. The zero-order chi connectivity index (χ0) is 13.2. The zero-order valence-corrected chi connectivity index (χ0v) is 12.0. The molecule has 0 spiro atoms. The van der Waals surface area contributed by atoms with Crippen molar-refractivity contribution in [2.75, 3.05) is 13.1 Å². The third kappa shape index (κ3) is 3.30. The Morgan fingerprint density at radius 3 is 2.78 bits per heavy atom. The number of hydrogen-bond donors (Lipinski definition) is 1. The quantitative estimate of drug-likeness (QED) is 0.870. The van der Waals surface area contributed by atoms with Crippen LogP contribution in [0.25, 0.3) is 0 Å². The second-order valence-corrected chi connectivity index (χ2v) is 6.59. The Morgan fingerprint density at radius 1 is 1.33 bits per heavy atom. The van der Waals surface area contributed by atoms with Gasteiger partial charge in [-0.05, 0) is 52.3 Å². The molecule has 0 bridgehead atoms. The van der Waals surface area contributed by atoms with Crippen molar-refractivity contribution in [3.63, 3.8) is 0 Å². The van der Waals surface area contributed by atoms with Crippen molar-refractivity contribution in [3.8, 4) is 0 Å². The molecule has 100 valence electrons. The van der Waals surface area contributed by atoms with Crippen LogP contribution in [0.2, 0.25) is 0 Å². The van der Waals surface area contributed by atoms with Crippen LogP contribution in [0.4, 0.5) is 0 Å². The lowest BCUT2D eigenvalue weighted by molar-refractivity contribution is 0.0979. The van der Waals surface area contributed by atoms with Gasteiger partial charge in [0.2, 0.25) is 0 Å². The summed E-state index contributed by atoms with van der Waals surface area (Å²) in [5.41, 5.74) is 1.70. The number of rotatable bonds is 2. The van der Waals surface area contributed by atoms with Crippen molar-refractivity contribution >= 4 is 0 Å². The predicted molar refractivity (Wildman–Crippen MR) is 75.4 cm³/mol. The molecule has 0 aromatic carbocycles. The SMILES string of the molecule is CC1(C)CN(Cc2cccnc2)C(C)(C)CCN1. The Morgan fingerprint density at radius 2 is 2.11 bits per heavy atom. The molecular weight excluding hydrogens is 222 g/mol. The molecule has 1 aromatic heterocycles. The molecule has 1 N–H and O–H groups in total. The van der Waals surface area contributed by atoms with Gasteiger partial charge >= 0.3 is 0 Å². The first-order valence-corrected chi connectivity index (χ1v) is 6.78. The fourth-order valence-corrected chi connectivity index (χ4v) is 2.59. The molecule has 1 aliphatic heterocycles. The first-order chi connectivity index (χ1) is 8.39. The third-order valence-electron chi connectivity index (χ3n) is 3.88. The van der Waals surface area contributed by atoms with Crippen LogP contribution in [0.1, 0.15) is 39.7 Å². The van der Waals surface area contributed by atoms with Gasteiger partial charge in [-0.2, -0.15) is 0 Å². The number of nitrogens with one attached hydrogen (secondary N) is 1. The van der Waals surface area contributed by atoms with Crippen LogP contribution in [0.5, 0.6) is 0 Å². The standard InChI is InChI=1S/C15H25N3/c1-14(2)12-18(15(3,4)7-9-17-14)11-13-6-5-8-16-10-13/h5-6,8,10,17H,7,9,11-12H2,1-4H3. The van der Waals surface area contributed by atoms with E-state index < -0.39 is 0 Å². The average Bonchev–Trinajstić information content (AvgIpc) is 2.37. The largest absolute Gasteiger partial charge is 0.310 e. The zero-order valence-electron chi connectivity index (χ0n) is 12.0. The van der Waals surface area contributed by atoms with Crippen molar-refractivity contribution in [1.82, 2.24) is 15.2 Å². The first-order valence-electron chi connectivity index (χ1n) is 6.78. The van der Waals surface area contributed by atoms with E-state index in [2.05, 4.69) is 49.0 Å². The van der Waals surface area contributed by atoms with Gasteiger partial charge < -0.3 is 5.32 Å². The van der Waals surface area contributed by atoms with Crippen LogP contribution in [0, 0.1) is 0 Å². The molecule has 0 aliphatic carbocycles. The summed E-state index contributed by atoms with van der Waals surface area (Å²) in [6, 6.07) is 4.18. The summed E-state index contributed by atoms with van der Waals surface area (Å²) in [5.74, 6) is 0. The Balaban J connectivity index is 2.16. The van der Waals surface area contributed by atoms with Gasteiger partial charge in [0.25, 0.3) is 0 Å². The second-order valence-electron chi connectivity index (χ2n) is 6.59. The van der Waals surface area contributed by atoms with Crippen LogP contribution in [0.15, 0.2) is 24.5 Å². The van der Waals surface area contributed by atoms with Gasteiger partial charge in [-0.25, -0.2) is 0 Å². The summed E-state index contributed by atoms with van der Waals surface area (Å²) in [6.07, 6.45) is 4.99. The number of hydrogen-bond acceptors (Lipinski definition) is 3. The second kappa shape index (κ2) is 4.98. The lowest BCUT2D eigenvalue weighted by Crippen LogP contribution is -2.50. The fourth-order valence-electron chi connectivity index (χ4n) is 2.59. The van der Waals surface area contributed by atoms with E-state index in [-0.39, 0.29) is 11.1 Å². The first kappa shape index (κ1) is 13.5. The lowest BCUT2D eigenvalue weighted by Gasteiger charge is -2.39. The molecule has 1 fully saturated rings. The van der Waals surface area contributed by atoms with Crippen molar-refractivity contribution < 1.29 is 0 Å². The van der Waals surface area contributed by atoms with E-state index in [0.717, 1.165) is 19.6 Å². The molecule has 0 unspecified atom stereocenters. The van der Waals surface area contributed by atoms with Gasteiger partial charge in [-0.1, -0.05) is 6.07 Å². The molecule has 1 saturated heterocycles.